The maximum Gasteiger partial charge on any atom is 0.145 e. The van der Waals surface area contributed by atoms with E-state index in [1.807, 2.05) is 6.07 Å². The number of nitrogen functional groups attached to an aromatic ring is 1. The van der Waals surface area contributed by atoms with Crippen molar-refractivity contribution in [1.29, 1.82) is 0 Å². The van der Waals surface area contributed by atoms with Crippen molar-refractivity contribution >= 4 is 11.6 Å². The second-order valence-electron chi connectivity index (χ2n) is 5.28. The number of hydrazine groups is 1. The van der Waals surface area contributed by atoms with E-state index in [9.17, 15) is 0 Å². The van der Waals surface area contributed by atoms with Gasteiger partial charge in [0, 0.05) is 25.6 Å². The molecule has 0 amide bonds. The first-order valence-electron chi connectivity index (χ1n) is 7.03. The van der Waals surface area contributed by atoms with Crippen LogP contribution in [-0.4, -0.2) is 35.3 Å². The Morgan fingerprint density at radius 3 is 2.74 bits per heavy atom. The Kier molecular flexibility index (Phi) is 3.52. The van der Waals surface area contributed by atoms with Crippen molar-refractivity contribution in [2.24, 2.45) is 5.84 Å². The first-order valence-corrected chi connectivity index (χ1v) is 7.03. The van der Waals surface area contributed by atoms with Crippen LogP contribution in [0.2, 0.25) is 0 Å². The summed E-state index contributed by atoms with van der Waals surface area (Å²) in [5.41, 5.74) is 2.63. The molecule has 1 aromatic rings. The molecule has 19 heavy (non-hydrogen) atoms. The Labute approximate surface area is 113 Å². The lowest BCUT2D eigenvalue weighted by Crippen LogP contribution is -2.43. The van der Waals surface area contributed by atoms with Crippen molar-refractivity contribution in [3.63, 3.8) is 0 Å². The number of nitrogens with two attached hydrogens (primary N) is 1. The molecule has 3 N–H and O–H groups in total. The summed E-state index contributed by atoms with van der Waals surface area (Å²) in [7, 11) is 0. The minimum Gasteiger partial charge on any atom is -0.371 e. The summed E-state index contributed by atoms with van der Waals surface area (Å²) >= 11 is 0. The number of nitrogens with one attached hydrogen (secondary N) is 1. The SMILES string of the molecule is CCCc1nc(NN)cc(N2CC3CCC(C2)O3)n1. The van der Waals surface area contributed by atoms with Gasteiger partial charge in [-0.2, -0.15) is 0 Å². The van der Waals surface area contributed by atoms with E-state index in [0.29, 0.717) is 18.0 Å². The Morgan fingerprint density at radius 1 is 1.37 bits per heavy atom. The molecule has 3 heterocycles. The molecule has 0 aromatic carbocycles. The summed E-state index contributed by atoms with van der Waals surface area (Å²) in [6, 6.07) is 1.92. The summed E-state index contributed by atoms with van der Waals surface area (Å²) in [6.45, 7) is 3.97. The zero-order valence-electron chi connectivity index (χ0n) is 11.3. The molecule has 1 aromatic heterocycles. The molecule has 6 heteroatoms. The highest BCUT2D eigenvalue weighted by atomic mass is 16.5. The number of anilines is 2. The molecule has 0 radical (unpaired) electrons. The molecular formula is C13H21N5O. The summed E-state index contributed by atoms with van der Waals surface area (Å²) < 4.78 is 5.86. The lowest BCUT2D eigenvalue weighted by atomic mass is 10.2. The van der Waals surface area contributed by atoms with E-state index in [1.165, 1.54) is 0 Å². The van der Waals surface area contributed by atoms with Crippen molar-refractivity contribution < 1.29 is 4.74 Å². The van der Waals surface area contributed by atoms with E-state index in [1.54, 1.807) is 0 Å². The second-order valence-corrected chi connectivity index (χ2v) is 5.28. The van der Waals surface area contributed by atoms with Gasteiger partial charge < -0.3 is 15.1 Å². The molecule has 2 saturated heterocycles. The number of nitrogens with zero attached hydrogens (tertiary/aromatic N) is 3. The molecule has 0 saturated carbocycles. The van der Waals surface area contributed by atoms with Crippen LogP contribution in [0.5, 0.6) is 0 Å². The van der Waals surface area contributed by atoms with E-state index in [0.717, 1.165) is 50.4 Å². The van der Waals surface area contributed by atoms with Gasteiger partial charge in [-0.05, 0) is 19.3 Å². The van der Waals surface area contributed by atoms with Crippen molar-refractivity contribution in [1.82, 2.24) is 9.97 Å². The second kappa shape index (κ2) is 5.30. The van der Waals surface area contributed by atoms with Crippen molar-refractivity contribution in [2.75, 3.05) is 23.4 Å². The summed E-state index contributed by atoms with van der Waals surface area (Å²) in [5.74, 6) is 8.00. The highest BCUT2D eigenvalue weighted by Gasteiger charge is 2.34. The summed E-state index contributed by atoms with van der Waals surface area (Å²) in [5, 5.41) is 0. The minimum absolute atomic E-state index is 0.359. The van der Waals surface area contributed by atoms with E-state index >= 15 is 0 Å². The molecule has 2 bridgehead atoms. The average molecular weight is 263 g/mol. The third-order valence-electron chi connectivity index (χ3n) is 3.75. The molecular weight excluding hydrogens is 242 g/mol. The van der Waals surface area contributed by atoms with Crippen molar-refractivity contribution in [2.45, 2.75) is 44.8 Å². The summed E-state index contributed by atoms with van der Waals surface area (Å²) in [4.78, 5) is 11.3. The number of aromatic nitrogens is 2. The fourth-order valence-corrected chi connectivity index (χ4v) is 2.86. The van der Waals surface area contributed by atoms with Crippen molar-refractivity contribution in [3.05, 3.63) is 11.9 Å². The van der Waals surface area contributed by atoms with E-state index in [-0.39, 0.29) is 0 Å². The molecule has 104 valence electrons. The standard InChI is InChI=1S/C13H21N5O/c1-2-3-11-15-12(17-14)6-13(16-11)18-7-9-4-5-10(8-18)19-9/h6,9-10H,2-5,7-8,14H2,1H3,(H,15,16,17). The maximum absolute atomic E-state index is 5.86. The molecule has 2 unspecified atom stereocenters. The lowest BCUT2D eigenvalue weighted by molar-refractivity contribution is 0.0302. The largest absolute Gasteiger partial charge is 0.371 e. The highest BCUT2D eigenvalue weighted by Crippen LogP contribution is 2.29. The van der Waals surface area contributed by atoms with Gasteiger partial charge in [0.05, 0.1) is 12.2 Å². The van der Waals surface area contributed by atoms with Gasteiger partial charge in [-0.15, -0.1) is 0 Å². The number of fused-ring (bicyclic) bond motifs is 2. The number of hydrogen-bond donors (Lipinski definition) is 2. The van der Waals surface area contributed by atoms with Crippen LogP contribution in [0.4, 0.5) is 11.6 Å². The Bertz CT molecular complexity index is 441. The monoisotopic (exact) mass is 263 g/mol. The molecule has 2 aliphatic heterocycles. The molecule has 0 spiro atoms. The van der Waals surface area contributed by atoms with Crippen LogP contribution in [0.1, 0.15) is 32.0 Å². The smallest absolute Gasteiger partial charge is 0.145 e. The Balaban J connectivity index is 1.84. The van der Waals surface area contributed by atoms with Gasteiger partial charge in [-0.1, -0.05) is 6.92 Å². The normalized spacial score (nSPS) is 25.7. The van der Waals surface area contributed by atoms with Crippen LogP contribution in [0.3, 0.4) is 0 Å². The predicted octanol–water partition coefficient (Wildman–Crippen LogP) is 1.08. The van der Waals surface area contributed by atoms with E-state index < -0.39 is 0 Å². The zero-order valence-corrected chi connectivity index (χ0v) is 11.3. The van der Waals surface area contributed by atoms with Gasteiger partial charge in [-0.25, -0.2) is 15.8 Å². The Hall–Kier alpha value is -1.40. The molecule has 6 nitrogen and oxygen atoms in total. The first-order chi connectivity index (χ1) is 9.28. The topological polar surface area (TPSA) is 76.3 Å². The van der Waals surface area contributed by atoms with Crippen LogP contribution in [0.25, 0.3) is 0 Å². The maximum atomic E-state index is 5.86. The van der Waals surface area contributed by atoms with Crippen LogP contribution < -0.4 is 16.2 Å². The minimum atomic E-state index is 0.359. The number of rotatable bonds is 4. The highest BCUT2D eigenvalue weighted by molar-refractivity contribution is 5.49. The van der Waals surface area contributed by atoms with Crippen LogP contribution in [0, 0.1) is 0 Å². The third-order valence-corrected chi connectivity index (χ3v) is 3.75. The number of ether oxygens (including phenoxy) is 1. The molecule has 0 aliphatic carbocycles. The molecule has 2 atom stereocenters. The number of aryl methyl sites for hydroxylation is 1. The van der Waals surface area contributed by atoms with Gasteiger partial charge in [-0.3, -0.25) is 0 Å². The fourth-order valence-electron chi connectivity index (χ4n) is 2.86. The van der Waals surface area contributed by atoms with Crippen molar-refractivity contribution in [3.8, 4) is 0 Å². The van der Waals surface area contributed by atoms with Gasteiger partial charge in [0.1, 0.15) is 17.5 Å². The van der Waals surface area contributed by atoms with Gasteiger partial charge in [0.2, 0.25) is 0 Å². The van der Waals surface area contributed by atoms with Crippen LogP contribution in [-0.2, 0) is 11.2 Å². The molecule has 2 fully saturated rings. The zero-order chi connectivity index (χ0) is 13.2. The third kappa shape index (κ3) is 2.64. The Morgan fingerprint density at radius 2 is 2.11 bits per heavy atom. The molecule has 2 aliphatic rings. The predicted molar refractivity (Wildman–Crippen MR) is 73.9 cm³/mol. The fraction of sp³-hybridized carbons (Fsp3) is 0.692. The number of hydrogen-bond acceptors (Lipinski definition) is 6. The lowest BCUT2D eigenvalue weighted by Gasteiger charge is -2.33. The van der Waals surface area contributed by atoms with Crippen LogP contribution >= 0.6 is 0 Å². The van der Waals surface area contributed by atoms with E-state index in [2.05, 4.69) is 27.2 Å². The summed E-state index contributed by atoms with van der Waals surface area (Å²) in [6.07, 6.45) is 4.95. The van der Waals surface area contributed by atoms with E-state index in [4.69, 9.17) is 10.6 Å². The number of morpholine rings is 1. The van der Waals surface area contributed by atoms with Crippen LogP contribution in [0.15, 0.2) is 6.07 Å². The van der Waals surface area contributed by atoms with Gasteiger partial charge >= 0.3 is 0 Å². The molecule has 3 rings (SSSR count). The van der Waals surface area contributed by atoms with Gasteiger partial charge in [0.25, 0.3) is 0 Å². The average Bonchev–Trinajstić information content (AvgIpc) is 2.77. The van der Waals surface area contributed by atoms with Gasteiger partial charge in [0.15, 0.2) is 0 Å². The quantitative estimate of drug-likeness (QED) is 0.625. The first kappa shape index (κ1) is 12.6.